The summed E-state index contributed by atoms with van der Waals surface area (Å²) in [6.45, 7) is 2.33. The fourth-order valence-corrected chi connectivity index (χ4v) is 3.83. The number of benzene rings is 1. The van der Waals surface area contributed by atoms with Crippen molar-refractivity contribution in [3.8, 4) is 0 Å². The van der Waals surface area contributed by atoms with E-state index in [1.807, 2.05) is 23.9 Å². The summed E-state index contributed by atoms with van der Waals surface area (Å²) < 4.78 is 0. The first kappa shape index (κ1) is 15.2. The van der Waals surface area contributed by atoms with Crippen LogP contribution in [0.1, 0.15) is 37.7 Å². The lowest BCUT2D eigenvalue weighted by atomic mass is 9.89. The molecule has 1 nitrogen and oxygen atoms in total. The van der Waals surface area contributed by atoms with Crippen LogP contribution in [0.15, 0.2) is 24.3 Å². The Morgan fingerprint density at radius 2 is 1.95 bits per heavy atom. The fraction of sp³-hybridized carbons (Fsp3) is 0.625. The van der Waals surface area contributed by atoms with E-state index in [-0.39, 0.29) is 0 Å². The first-order valence-electron chi connectivity index (χ1n) is 7.38. The van der Waals surface area contributed by atoms with Gasteiger partial charge in [0.15, 0.2) is 0 Å². The van der Waals surface area contributed by atoms with Gasteiger partial charge in [0, 0.05) is 23.1 Å². The van der Waals surface area contributed by atoms with Gasteiger partial charge in [0.25, 0.3) is 0 Å². The highest BCUT2D eigenvalue weighted by Gasteiger charge is 2.12. The van der Waals surface area contributed by atoms with Crippen LogP contribution < -0.4 is 5.32 Å². The maximum Gasteiger partial charge on any atom is 0.0446 e. The summed E-state index contributed by atoms with van der Waals surface area (Å²) >= 11 is 8.10. The van der Waals surface area contributed by atoms with Crippen molar-refractivity contribution in [2.75, 3.05) is 18.8 Å². The van der Waals surface area contributed by atoms with Gasteiger partial charge < -0.3 is 5.32 Å². The molecule has 0 saturated heterocycles. The summed E-state index contributed by atoms with van der Waals surface area (Å²) in [5, 5.41) is 4.50. The summed E-state index contributed by atoms with van der Waals surface area (Å²) in [5.74, 6) is 3.12. The molecule has 1 aromatic carbocycles. The monoisotopic (exact) mass is 297 g/mol. The van der Waals surface area contributed by atoms with Crippen molar-refractivity contribution < 1.29 is 0 Å². The van der Waals surface area contributed by atoms with Crippen molar-refractivity contribution in [2.45, 2.75) is 37.9 Å². The summed E-state index contributed by atoms with van der Waals surface area (Å²) in [6, 6.07) is 8.13. The Balaban J connectivity index is 1.51. The molecule has 1 aliphatic carbocycles. The Bertz CT molecular complexity index is 364. The van der Waals surface area contributed by atoms with E-state index in [0.717, 1.165) is 29.0 Å². The molecule has 1 N–H and O–H groups in total. The van der Waals surface area contributed by atoms with Crippen LogP contribution >= 0.6 is 23.4 Å². The third kappa shape index (κ3) is 5.76. The first-order valence-corrected chi connectivity index (χ1v) is 8.91. The van der Waals surface area contributed by atoms with Crippen LogP contribution in [0, 0.1) is 5.92 Å². The SMILES string of the molecule is Clc1ccccc1CSCCNCC1CCCCC1. The minimum Gasteiger partial charge on any atom is -0.316 e. The molecule has 0 atom stereocenters. The zero-order chi connectivity index (χ0) is 13.3. The second-order valence-corrected chi connectivity index (χ2v) is 6.86. The molecule has 1 aromatic rings. The van der Waals surface area contributed by atoms with E-state index >= 15 is 0 Å². The van der Waals surface area contributed by atoms with Crippen LogP contribution in [0.2, 0.25) is 5.02 Å². The topological polar surface area (TPSA) is 12.0 Å². The number of hydrogen-bond acceptors (Lipinski definition) is 2. The highest BCUT2D eigenvalue weighted by Crippen LogP contribution is 2.23. The average molecular weight is 298 g/mol. The first-order chi connectivity index (χ1) is 9.36. The molecular weight excluding hydrogens is 274 g/mol. The molecule has 0 spiro atoms. The quantitative estimate of drug-likeness (QED) is 0.729. The van der Waals surface area contributed by atoms with E-state index in [1.54, 1.807) is 0 Å². The van der Waals surface area contributed by atoms with Crippen LogP contribution in [0.3, 0.4) is 0 Å². The summed E-state index contributed by atoms with van der Waals surface area (Å²) in [6.07, 6.45) is 7.19. The highest BCUT2D eigenvalue weighted by molar-refractivity contribution is 7.98. The zero-order valence-electron chi connectivity index (χ0n) is 11.5. The molecule has 1 saturated carbocycles. The molecule has 0 aliphatic heterocycles. The largest absolute Gasteiger partial charge is 0.316 e. The molecule has 0 aromatic heterocycles. The molecule has 1 fully saturated rings. The number of rotatable bonds is 7. The van der Waals surface area contributed by atoms with E-state index in [4.69, 9.17) is 11.6 Å². The summed E-state index contributed by atoms with van der Waals surface area (Å²) in [5.41, 5.74) is 1.25. The van der Waals surface area contributed by atoms with Crippen LogP contribution in [0.4, 0.5) is 0 Å². The minimum absolute atomic E-state index is 0.894. The van der Waals surface area contributed by atoms with Gasteiger partial charge in [0.05, 0.1) is 0 Å². The third-order valence-corrected chi connectivity index (χ3v) is 5.17. The lowest BCUT2D eigenvalue weighted by Gasteiger charge is -2.21. The van der Waals surface area contributed by atoms with Gasteiger partial charge in [0.1, 0.15) is 0 Å². The van der Waals surface area contributed by atoms with Crippen molar-refractivity contribution in [3.63, 3.8) is 0 Å². The van der Waals surface area contributed by atoms with E-state index in [9.17, 15) is 0 Å². The fourth-order valence-electron chi connectivity index (χ4n) is 2.64. The molecule has 0 bridgehead atoms. The molecule has 0 unspecified atom stereocenters. The standard InChI is InChI=1S/C16H24ClNS/c17-16-9-5-4-8-15(16)13-19-11-10-18-12-14-6-2-1-3-7-14/h4-5,8-9,14,18H,1-3,6-7,10-13H2. The second-order valence-electron chi connectivity index (χ2n) is 5.35. The van der Waals surface area contributed by atoms with Crippen LogP contribution in [-0.2, 0) is 5.75 Å². The number of halogens is 1. The van der Waals surface area contributed by atoms with Gasteiger partial charge in [-0.2, -0.15) is 11.8 Å². The van der Waals surface area contributed by atoms with Gasteiger partial charge in [-0.1, -0.05) is 49.1 Å². The Morgan fingerprint density at radius 1 is 1.16 bits per heavy atom. The second kappa shape index (κ2) is 8.89. The van der Waals surface area contributed by atoms with Gasteiger partial charge >= 0.3 is 0 Å². The normalized spacial score (nSPS) is 16.7. The molecule has 106 valence electrons. The molecular formula is C16H24ClNS. The van der Waals surface area contributed by atoms with Crippen molar-refractivity contribution in [3.05, 3.63) is 34.9 Å². The van der Waals surface area contributed by atoms with Crippen LogP contribution in [0.5, 0.6) is 0 Å². The third-order valence-electron chi connectivity index (χ3n) is 3.80. The number of nitrogens with one attached hydrogen (secondary N) is 1. The van der Waals surface area contributed by atoms with Crippen molar-refractivity contribution in [1.29, 1.82) is 0 Å². The van der Waals surface area contributed by atoms with Gasteiger partial charge in [0.2, 0.25) is 0 Å². The predicted molar refractivity (Wildman–Crippen MR) is 87.1 cm³/mol. The Labute approximate surface area is 126 Å². The average Bonchev–Trinajstić information content (AvgIpc) is 2.45. The summed E-state index contributed by atoms with van der Waals surface area (Å²) in [4.78, 5) is 0. The molecule has 0 amide bonds. The van der Waals surface area contributed by atoms with E-state index in [0.29, 0.717) is 0 Å². The number of thioether (sulfide) groups is 1. The summed E-state index contributed by atoms with van der Waals surface area (Å²) in [7, 11) is 0. The zero-order valence-corrected chi connectivity index (χ0v) is 13.1. The van der Waals surface area contributed by atoms with E-state index < -0.39 is 0 Å². The Morgan fingerprint density at radius 3 is 2.74 bits per heavy atom. The van der Waals surface area contributed by atoms with Crippen molar-refractivity contribution >= 4 is 23.4 Å². The van der Waals surface area contributed by atoms with Gasteiger partial charge in [-0.25, -0.2) is 0 Å². The van der Waals surface area contributed by atoms with Gasteiger partial charge in [-0.15, -0.1) is 0 Å². The highest BCUT2D eigenvalue weighted by atomic mass is 35.5. The molecule has 1 aliphatic rings. The molecule has 0 heterocycles. The predicted octanol–water partition coefficient (Wildman–Crippen LogP) is 4.74. The van der Waals surface area contributed by atoms with E-state index in [2.05, 4.69) is 17.4 Å². The van der Waals surface area contributed by atoms with Gasteiger partial charge in [-0.3, -0.25) is 0 Å². The lowest BCUT2D eigenvalue weighted by molar-refractivity contribution is 0.345. The van der Waals surface area contributed by atoms with Gasteiger partial charge in [-0.05, 0) is 36.9 Å². The maximum atomic E-state index is 6.14. The minimum atomic E-state index is 0.894. The van der Waals surface area contributed by atoms with Crippen LogP contribution in [0.25, 0.3) is 0 Å². The van der Waals surface area contributed by atoms with Crippen molar-refractivity contribution in [1.82, 2.24) is 5.32 Å². The number of hydrogen-bond donors (Lipinski definition) is 1. The molecule has 19 heavy (non-hydrogen) atoms. The molecule has 2 rings (SSSR count). The molecule has 3 heteroatoms. The van der Waals surface area contributed by atoms with E-state index in [1.165, 1.54) is 44.2 Å². The Kier molecular flexibility index (Phi) is 7.11. The lowest BCUT2D eigenvalue weighted by Crippen LogP contribution is -2.26. The van der Waals surface area contributed by atoms with Crippen LogP contribution in [-0.4, -0.2) is 18.8 Å². The van der Waals surface area contributed by atoms with Crippen molar-refractivity contribution in [2.24, 2.45) is 5.92 Å². The molecule has 0 radical (unpaired) electrons. The Hall–Kier alpha value is -0.180. The maximum absolute atomic E-state index is 6.14. The smallest absolute Gasteiger partial charge is 0.0446 e.